The van der Waals surface area contributed by atoms with Crippen LogP contribution in [0.25, 0.3) is 0 Å². The van der Waals surface area contributed by atoms with Gasteiger partial charge in [-0.2, -0.15) is 0 Å². The molecule has 2 N–H and O–H groups in total. The summed E-state index contributed by atoms with van der Waals surface area (Å²) in [5, 5.41) is 0. The summed E-state index contributed by atoms with van der Waals surface area (Å²) in [6.07, 6.45) is 0.176. The van der Waals surface area contributed by atoms with Crippen LogP contribution < -0.4 is 5.73 Å². The number of amides is 2. The largest absolute Gasteiger partial charge is 0.389 e. The van der Waals surface area contributed by atoms with Gasteiger partial charge in [-0.1, -0.05) is 19.1 Å². The van der Waals surface area contributed by atoms with E-state index in [1.54, 1.807) is 6.92 Å². The number of carbonyl (C=O) groups is 2. The number of halogens is 1. The minimum absolute atomic E-state index is 0.0791. The van der Waals surface area contributed by atoms with Crippen molar-refractivity contribution in [1.29, 1.82) is 0 Å². The van der Waals surface area contributed by atoms with E-state index in [1.165, 1.54) is 18.2 Å². The van der Waals surface area contributed by atoms with Crippen molar-refractivity contribution in [3.8, 4) is 0 Å². The van der Waals surface area contributed by atoms with Gasteiger partial charge in [-0.05, 0) is 18.2 Å². The minimum Gasteiger partial charge on any atom is -0.389 e. The van der Waals surface area contributed by atoms with Gasteiger partial charge in [0.15, 0.2) is 0 Å². The maximum absolute atomic E-state index is 13.7. The molecule has 1 heterocycles. The van der Waals surface area contributed by atoms with Crippen LogP contribution in [0.5, 0.6) is 0 Å². The topological polar surface area (TPSA) is 63.4 Å². The van der Waals surface area contributed by atoms with Gasteiger partial charge in [0.1, 0.15) is 10.8 Å². The molecule has 0 radical (unpaired) electrons. The predicted molar refractivity (Wildman–Crippen MR) is 71.6 cm³/mol. The van der Waals surface area contributed by atoms with Crippen LogP contribution in [0, 0.1) is 11.7 Å². The number of hydrogen-bond acceptors (Lipinski definition) is 3. The third-order valence-electron chi connectivity index (χ3n) is 3.13. The minimum atomic E-state index is -0.486. The van der Waals surface area contributed by atoms with E-state index in [-0.39, 0.29) is 41.2 Å². The van der Waals surface area contributed by atoms with E-state index in [4.69, 9.17) is 18.0 Å². The Kier molecular flexibility index (Phi) is 3.61. The third-order valence-corrected chi connectivity index (χ3v) is 3.36. The number of thiocarbonyl (C=S) groups is 1. The Morgan fingerprint density at radius 3 is 2.74 bits per heavy atom. The summed E-state index contributed by atoms with van der Waals surface area (Å²) >= 11 is 4.82. The summed E-state index contributed by atoms with van der Waals surface area (Å²) < 4.78 is 13.7. The van der Waals surface area contributed by atoms with E-state index in [0.717, 1.165) is 4.90 Å². The molecule has 0 bridgehead atoms. The van der Waals surface area contributed by atoms with E-state index in [1.807, 2.05) is 0 Å². The van der Waals surface area contributed by atoms with Crippen molar-refractivity contribution in [2.75, 3.05) is 0 Å². The van der Waals surface area contributed by atoms with E-state index >= 15 is 0 Å². The second kappa shape index (κ2) is 5.05. The Balaban J connectivity index is 2.28. The number of carbonyl (C=O) groups excluding carboxylic acids is 2. The van der Waals surface area contributed by atoms with Gasteiger partial charge >= 0.3 is 0 Å². The lowest BCUT2D eigenvalue weighted by atomic mass is 10.1. The van der Waals surface area contributed by atoms with Crippen molar-refractivity contribution >= 4 is 29.0 Å². The zero-order valence-corrected chi connectivity index (χ0v) is 11.2. The molecule has 6 heteroatoms. The molecule has 1 aliphatic heterocycles. The summed E-state index contributed by atoms with van der Waals surface area (Å²) in [4.78, 5) is 24.7. The molecular weight excluding hydrogens is 267 g/mol. The first kappa shape index (κ1) is 13.6. The quantitative estimate of drug-likeness (QED) is 0.670. The van der Waals surface area contributed by atoms with Crippen molar-refractivity contribution in [3.63, 3.8) is 0 Å². The lowest BCUT2D eigenvalue weighted by Gasteiger charge is -2.15. The second-order valence-corrected chi connectivity index (χ2v) is 5.03. The number of benzene rings is 1. The molecule has 1 saturated heterocycles. The van der Waals surface area contributed by atoms with Crippen LogP contribution >= 0.6 is 12.2 Å². The Hall–Kier alpha value is -1.82. The average molecular weight is 280 g/mol. The van der Waals surface area contributed by atoms with Crippen molar-refractivity contribution in [3.05, 3.63) is 35.1 Å². The monoisotopic (exact) mass is 280 g/mol. The fraction of sp³-hybridized carbons (Fsp3) is 0.308. The number of rotatable bonds is 3. The Bertz CT molecular complexity index is 574. The van der Waals surface area contributed by atoms with Crippen LogP contribution in [0.4, 0.5) is 4.39 Å². The molecule has 0 aliphatic carbocycles. The zero-order chi connectivity index (χ0) is 14.2. The van der Waals surface area contributed by atoms with Crippen LogP contribution in [0.3, 0.4) is 0 Å². The van der Waals surface area contributed by atoms with Gasteiger partial charge in [0.05, 0.1) is 6.54 Å². The van der Waals surface area contributed by atoms with E-state index in [0.29, 0.717) is 5.56 Å². The molecule has 0 aromatic heterocycles. The van der Waals surface area contributed by atoms with Crippen LogP contribution in [0.15, 0.2) is 18.2 Å². The van der Waals surface area contributed by atoms with Crippen LogP contribution in [0.1, 0.15) is 24.5 Å². The molecule has 0 spiro atoms. The molecule has 0 saturated carbocycles. The van der Waals surface area contributed by atoms with Crippen LogP contribution in [0.2, 0.25) is 0 Å². The fourth-order valence-electron chi connectivity index (χ4n) is 2.03. The number of hydrogen-bond donors (Lipinski definition) is 1. The molecule has 1 aliphatic rings. The second-order valence-electron chi connectivity index (χ2n) is 4.59. The molecule has 1 atom stereocenters. The van der Waals surface area contributed by atoms with E-state index in [2.05, 4.69) is 0 Å². The number of likely N-dealkylation sites (tertiary alicyclic amines) is 1. The fourth-order valence-corrected chi connectivity index (χ4v) is 2.16. The summed E-state index contributed by atoms with van der Waals surface area (Å²) in [5.74, 6) is -1.38. The van der Waals surface area contributed by atoms with Crippen molar-refractivity contribution in [2.45, 2.75) is 19.9 Å². The van der Waals surface area contributed by atoms with Crippen molar-refractivity contribution in [2.24, 2.45) is 11.7 Å². The average Bonchev–Trinajstić information content (AvgIpc) is 2.58. The van der Waals surface area contributed by atoms with Gasteiger partial charge in [-0.15, -0.1) is 0 Å². The summed E-state index contributed by atoms with van der Waals surface area (Å²) in [6, 6.07) is 4.18. The highest BCUT2D eigenvalue weighted by molar-refractivity contribution is 7.80. The van der Waals surface area contributed by atoms with Gasteiger partial charge in [0, 0.05) is 23.5 Å². The van der Waals surface area contributed by atoms with Gasteiger partial charge in [0.2, 0.25) is 11.8 Å². The molecular formula is C13H13FN2O2S. The summed E-state index contributed by atoms with van der Waals surface area (Å²) in [6.45, 7) is 1.60. The molecule has 1 aromatic rings. The predicted octanol–water partition coefficient (Wildman–Crippen LogP) is 1.35. The first-order chi connectivity index (χ1) is 8.90. The SMILES string of the molecule is CC1CC(=O)N(Cc2cc(C(N)=S)ccc2F)C1=O. The molecule has 2 rings (SSSR count). The zero-order valence-electron chi connectivity index (χ0n) is 10.4. The summed E-state index contributed by atoms with van der Waals surface area (Å²) in [7, 11) is 0. The lowest BCUT2D eigenvalue weighted by Crippen LogP contribution is -2.30. The number of imide groups is 1. The van der Waals surface area contributed by atoms with Crippen LogP contribution in [-0.2, 0) is 16.1 Å². The number of nitrogens with zero attached hydrogens (tertiary/aromatic N) is 1. The van der Waals surface area contributed by atoms with E-state index < -0.39 is 5.82 Å². The maximum Gasteiger partial charge on any atom is 0.232 e. The molecule has 19 heavy (non-hydrogen) atoms. The molecule has 2 amide bonds. The van der Waals surface area contributed by atoms with Crippen LogP contribution in [-0.4, -0.2) is 21.7 Å². The third kappa shape index (κ3) is 2.63. The Morgan fingerprint density at radius 2 is 2.21 bits per heavy atom. The van der Waals surface area contributed by atoms with Gasteiger partial charge < -0.3 is 5.73 Å². The first-order valence-corrected chi connectivity index (χ1v) is 6.23. The molecule has 100 valence electrons. The van der Waals surface area contributed by atoms with Gasteiger partial charge in [-0.3, -0.25) is 14.5 Å². The van der Waals surface area contributed by atoms with Gasteiger partial charge in [-0.25, -0.2) is 4.39 Å². The highest BCUT2D eigenvalue weighted by Gasteiger charge is 2.35. The van der Waals surface area contributed by atoms with Crippen molar-refractivity contribution in [1.82, 2.24) is 4.90 Å². The first-order valence-electron chi connectivity index (χ1n) is 5.82. The Morgan fingerprint density at radius 1 is 1.53 bits per heavy atom. The van der Waals surface area contributed by atoms with Gasteiger partial charge in [0.25, 0.3) is 0 Å². The maximum atomic E-state index is 13.7. The highest BCUT2D eigenvalue weighted by Crippen LogP contribution is 2.22. The Labute approximate surface area is 115 Å². The summed E-state index contributed by atoms with van der Waals surface area (Å²) in [5.41, 5.74) is 6.23. The van der Waals surface area contributed by atoms with Crippen molar-refractivity contribution < 1.29 is 14.0 Å². The van der Waals surface area contributed by atoms with E-state index in [9.17, 15) is 14.0 Å². The molecule has 1 unspecified atom stereocenters. The standard InChI is InChI=1S/C13H13FN2O2S/c1-7-4-11(17)16(13(7)18)6-9-5-8(12(15)19)2-3-10(9)14/h2-3,5,7H,4,6H2,1H3,(H2,15,19). The molecule has 4 nitrogen and oxygen atoms in total. The normalized spacial score (nSPS) is 19.1. The smallest absolute Gasteiger partial charge is 0.232 e. The lowest BCUT2D eigenvalue weighted by molar-refractivity contribution is -0.139. The molecule has 1 fully saturated rings. The molecule has 1 aromatic carbocycles. The highest BCUT2D eigenvalue weighted by atomic mass is 32.1. The number of nitrogens with two attached hydrogens (primary N) is 1.